The molecular formula is C15H23NO2. The summed E-state index contributed by atoms with van der Waals surface area (Å²) in [5, 5.41) is 0. The summed E-state index contributed by atoms with van der Waals surface area (Å²) in [4.78, 5) is 11.6. The van der Waals surface area contributed by atoms with Gasteiger partial charge >= 0.3 is 5.97 Å². The molecule has 1 aromatic carbocycles. The number of benzene rings is 1. The molecule has 0 aromatic heterocycles. The van der Waals surface area contributed by atoms with Crippen molar-refractivity contribution in [1.29, 1.82) is 0 Å². The first-order valence-corrected chi connectivity index (χ1v) is 6.63. The first-order chi connectivity index (χ1) is 8.63. The predicted molar refractivity (Wildman–Crippen MR) is 73.1 cm³/mol. The SMILES string of the molecule is CCCC(C)OC(=O)CCC(N)c1ccccc1. The Bertz CT molecular complexity index is 351. The molecule has 1 rings (SSSR count). The summed E-state index contributed by atoms with van der Waals surface area (Å²) in [6.07, 6.45) is 2.95. The minimum atomic E-state index is -0.151. The Kier molecular flexibility index (Phi) is 6.44. The average Bonchev–Trinajstić information content (AvgIpc) is 2.37. The lowest BCUT2D eigenvalue weighted by Crippen LogP contribution is -2.17. The fraction of sp³-hybridized carbons (Fsp3) is 0.533. The van der Waals surface area contributed by atoms with Gasteiger partial charge < -0.3 is 10.5 Å². The quantitative estimate of drug-likeness (QED) is 0.755. The number of carbonyl (C=O) groups is 1. The van der Waals surface area contributed by atoms with Gasteiger partial charge in [-0.1, -0.05) is 43.7 Å². The Morgan fingerprint density at radius 1 is 1.28 bits per heavy atom. The van der Waals surface area contributed by atoms with Gasteiger partial charge in [-0.25, -0.2) is 0 Å². The highest BCUT2D eigenvalue weighted by Crippen LogP contribution is 2.16. The molecule has 0 heterocycles. The van der Waals surface area contributed by atoms with Crippen molar-refractivity contribution < 1.29 is 9.53 Å². The molecule has 1 aromatic rings. The molecule has 0 aliphatic rings. The van der Waals surface area contributed by atoms with E-state index in [1.165, 1.54) is 0 Å². The van der Waals surface area contributed by atoms with Crippen molar-refractivity contribution in [2.45, 2.75) is 51.7 Å². The van der Waals surface area contributed by atoms with E-state index in [0.29, 0.717) is 12.8 Å². The van der Waals surface area contributed by atoms with Crippen LogP contribution in [0, 0.1) is 0 Å². The minimum Gasteiger partial charge on any atom is -0.463 e. The van der Waals surface area contributed by atoms with Crippen LogP contribution in [0.2, 0.25) is 0 Å². The van der Waals surface area contributed by atoms with Crippen molar-refractivity contribution >= 4 is 5.97 Å². The molecule has 3 heteroatoms. The maximum Gasteiger partial charge on any atom is 0.306 e. The lowest BCUT2D eigenvalue weighted by Gasteiger charge is -2.14. The number of rotatable bonds is 7. The zero-order valence-electron chi connectivity index (χ0n) is 11.3. The maximum absolute atomic E-state index is 11.6. The van der Waals surface area contributed by atoms with Crippen molar-refractivity contribution in [3.63, 3.8) is 0 Å². The number of esters is 1. The normalized spacial score (nSPS) is 13.9. The van der Waals surface area contributed by atoms with Crippen LogP contribution in [0.3, 0.4) is 0 Å². The summed E-state index contributed by atoms with van der Waals surface area (Å²) < 4.78 is 5.28. The van der Waals surface area contributed by atoms with Crippen molar-refractivity contribution in [2.24, 2.45) is 5.73 Å². The van der Waals surface area contributed by atoms with Crippen LogP contribution in [-0.2, 0) is 9.53 Å². The summed E-state index contributed by atoms with van der Waals surface area (Å²) in [5.74, 6) is -0.151. The highest BCUT2D eigenvalue weighted by molar-refractivity contribution is 5.69. The fourth-order valence-corrected chi connectivity index (χ4v) is 1.89. The van der Waals surface area contributed by atoms with Gasteiger partial charge in [0.1, 0.15) is 0 Å². The van der Waals surface area contributed by atoms with E-state index >= 15 is 0 Å². The summed E-state index contributed by atoms with van der Waals surface area (Å²) >= 11 is 0. The maximum atomic E-state index is 11.6. The van der Waals surface area contributed by atoms with Crippen molar-refractivity contribution in [3.8, 4) is 0 Å². The lowest BCUT2D eigenvalue weighted by molar-refractivity contribution is -0.148. The molecule has 0 fully saturated rings. The van der Waals surface area contributed by atoms with Gasteiger partial charge in [-0.15, -0.1) is 0 Å². The third kappa shape index (κ3) is 5.32. The van der Waals surface area contributed by atoms with Crippen LogP contribution < -0.4 is 5.73 Å². The van der Waals surface area contributed by atoms with Gasteiger partial charge in [0.25, 0.3) is 0 Å². The molecule has 18 heavy (non-hydrogen) atoms. The van der Waals surface area contributed by atoms with E-state index in [1.807, 2.05) is 37.3 Å². The molecule has 0 aliphatic heterocycles. The number of carbonyl (C=O) groups excluding carboxylic acids is 1. The molecule has 0 aliphatic carbocycles. The van der Waals surface area contributed by atoms with E-state index in [1.54, 1.807) is 0 Å². The Morgan fingerprint density at radius 3 is 2.56 bits per heavy atom. The Balaban J connectivity index is 2.30. The molecule has 0 saturated heterocycles. The number of hydrogen-bond acceptors (Lipinski definition) is 3. The highest BCUT2D eigenvalue weighted by atomic mass is 16.5. The van der Waals surface area contributed by atoms with E-state index in [9.17, 15) is 4.79 Å². The second kappa shape index (κ2) is 7.88. The lowest BCUT2D eigenvalue weighted by atomic mass is 10.0. The van der Waals surface area contributed by atoms with Gasteiger partial charge in [0.05, 0.1) is 6.10 Å². The Labute approximate surface area is 109 Å². The second-order valence-electron chi connectivity index (χ2n) is 4.65. The van der Waals surface area contributed by atoms with Gasteiger partial charge in [-0.2, -0.15) is 0 Å². The molecule has 0 saturated carbocycles. The standard InChI is InChI=1S/C15H23NO2/c1-3-7-12(2)18-15(17)11-10-14(16)13-8-5-4-6-9-13/h4-6,8-9,12,14H,3,7,10-11,16H2,1-2H3. The Morgan fingerprint density at radius 2 is 1.94 bits per heavy atom. The van der Waals surface area contributed by atoms with Gasteiger partial charge in [-0.05, 0) is 25.3 Å². The van der Waals surface area contributed by atoms with Crippen molar-refractivity contribution in [2.75, 3.05) is 0 Å². The largest absolute Gasteiger partial charge is 0.463 e. The zero-order chi connectivity index (χ0) is 13.4. The van der Waals surface area contributed by atoms with Crippen LogP contribution in [0.5, 0.6) is 0 Å². The first kappa shape index (κ1) is 14.7. The number of nitrogens with two attached hydrogens (primary N) is 1. The van der Waals surface area contributed by atoms with E-state index < -0.39 is 0 Å². The summed E-state index contributed by atoms with van der Waals surface area (Å²) in [6, 6.07) is 9.73. The van der Waals surface area contributed by atoms with E-state index in [0.717, 1.165) is 18.4 Å². The monoisotopic (exact) mass is 249 g/mol. The minimum absolute atomic E-state index is 0.00968. The molecule has 0 amide bonds. The molecule has 100 valence electrons. The number of ether oxygens (including phenoxy) is 1. The molecule has 2 N–H and O–H groups in total. The van der Waals surface area contributed by atoms with Gasteiger partial charge in [0.15, 0.2) is 0 Å². The second-order valence-corrected chi connectivity index (χ2v) is 4.65. The molecular weight excluding hydrogens is 226 g/mol. The summed E-state index contributed by atoms with van der Waals surface area (Å²) in [5.41, 5.74) is 7.09. The molecule has 0 spiro atoms. The van der Waals surface area contributed by atoms with E-state index in [4.69, 9.17) is 10.5 Å². The van der Waals surface area contributed by atoms with Gasteiger partial charge in [-0.3, -0.25) is 4.79 Å². The topological polar surface area (TPSA) is 52.3 Å². The van der Waals surface area contributed by atoms with Crippen molar-refractivity contribution in [3.05, 3.63) is 35.9 Å². The molecule has 3 nitrogen and oxygen atoms in total. The first-order valence-electron chi connectivity index (χ1n) is 6.63. The molecule has 2 unspecified atom stereocenters. The third-order valence-corrected chi connectivity index (χ3v) is 2.92. The van der Waals surface area contributed by atoms with Crippen LogP contribution in [-0.4, -0.2) is 12.1 Å². The number of hydrogen-bond donors (Lipinski definition) is 1. The van der Waals surface area contributed by atoms with Crippen LogP contribution in [0.15, 0.2) is 30.3 Å². The van der Waals surface area contributed by atoms with Crippen molar-refractivity contribution in [1.82, 2.24) is 0 Å². The average molecular weight is 249 g/mol. The van der Waals surface area contributed by atoms with Crippen LogP contribution >= 0.6 is 0 Å². The van der Waals surface area contributed by atoms with E-state index in [2.05, 4.69) is 6.92 Å². The van der Waals surface area contributed by atoms with Gasteiger partial charge in [0, 0.05) is 12.5 Å². The van der Waals surface area contributed by atoms with Crippen LogP contribution in [0.1, 0.15) is 51.1 Å². The van der Waals surface area contributed by atoms with Crippen LogP contribution in [0.25, 0.3) is 0 Å². The molecule has 0 bridgehead atoms. The predicted octanol–water partition coefficient (Wildman–Crippen LogP) is 3.20. The fourth-order valence-electron chi connectivity index (χ4n) is 1.89. The zero-order valence-corrected chi connectivity index (χ0v) is 11.3. The van der Waals surface area contributed by atoms with Gasteiger partial charge in [0.2, 0.25) is 0 Å². The highest BCUT2D eigenvalue weighted by Gasteiger charge is 2.12. The Hall–Kier alpha value is -1.35. The van der Waals surface area contributed by atoms with Crippen LogP contribution in [0.4, 0.5) is 0 Å². The summed E-state index contributed by atoms with van der Waals surface area (Å²) in [7, 11) is 0. The molecule has 0 radical (unpaired) electrons. The molecule has 2 atom stereocenters. The summed E-state index contributed by atoms with van der Waals surface area (Å²) in [6.45, 7) is 4.01. The third-order valence-electron chi connectivity index (χ3n) is 2.92. The smallest absolute Gasteiger partial charge is 0.306 e. The van der Waals surface area contributed by atoms with E-state index in [-0.39, 0.29) is 18.1 Å².